The van der Waals surface area contributed by atoms with E-state index in [1.807, 2.05) is 0 Å². The Bertz CT molecular complexity index is 296. The lowest BCUT2D eigenvalue weighted by Gasteiger charge is -2.47. The third-order valence-corrected chi connectivity index (χ3v) is 5.99. The zero-order valence-electron chi connectivity index (χ0n) is 11.3. The zero-order valence-corrected chi connectivity index (χ0v) is 11.3. The summed E-state index contributed by atoms with van der Waals surface area (Å²) in [7, 11) is 0. The number of hydrogen-bond donors (Lipinski definition) is 0. The van der Waals surface area contributed by atoms with Crippen LogP contribution in [0.5, 0.6) is 0 Å². The molecule has 2 aliphatic carbocycles. The van der Waals surface area contributed by atoms with Crippen LogP contribution in [0.15, 0.2) is 0 Å². The van der Waals surface area contributed by atoms with Gasteiger partial charge < -0.3 is 4.74 Å². The first kappa shape index (κ1) is 11.1. The average molecular weight is 222 g/mol. The van der Waals surface area contributed by atoms with E-state index >= 15 is 0 Å². The van der Waals surface area contributed by atoms with Crippen molar-refractivity contribution in [1.29, 1.82) is 0 Å². The molecule has 0 spiro atoms. The topological polar surface area (TPSA) is 9.23 Å². The highest BCUT2D eigenvalue weighted by atomic mass is 16.5. The smallest absolute Gasteiger partial charge is 0.0692 e. The van der Waals surface area contributed by atoms with Crippen molar-refractivity contribution in [3.8, 4) is 0 Å². The molecule has 4 rings (SSSR count). The normalized spacial score (nSPS) is 54.8. The summed E-state index contributed by atoms with van der Waals surface area (Å²) in [5, 5.41) is 0. The summed E-state index contributed by atoms with van der Waals surface area (Å²) in [4.78, 5) is 0. The van der Waals surface area contributed by atoms with Crippen molar-refractivity contribution in [3.63, 3.8) is 0 Å². The van der Waals surface area contributed by atoms with Crippen LogP contribution >= 0.6 is 0 Å². The van der Waals surface area contributed by atoms with E-state index in [0.29, 0.717) is 0 Å². The van der Waals surface area contributed by atoms with Gasteiger partial charge in [-0.15, -0.1) is 0 Å². The van der Waals surface area contributed by atoms with Crippen molar-refractivity contribution in [2.45, 2.75) is 71.0 Å². The lowest BCUT2D eigenvalue weighted by Crippen LogP contribution is -2.49. The maximum absolute atomic E-state index is 6.55. The fourth-order valence-corrected chi connectivity index (χ4v) is 4.96. The minimum atomic E-state index is 0.122. The van der Waals surface area contributed by atoms with Gasteiger partial charge in [0.25, 0.3) is 0 Å². The molecule has 1 heteroatoms. The highest BCUT2D eigenvalue weighted by Crippen LogP contribution is 2.58. The predicted molar refractivity (Wildman–Crippen MR) is 66.3 cm³/mol. The first-order valence-corrected chi connectivity index (χ1v) is 7.12. The van der Waals surface area contributed by atoms with Crippen molar-refractivity contribution in [2.24, 2.45) is 23.7 Å². The summed E-state index contributed by atoms with van der Waals surface area (Å²) in [5.41, 5.74) is 0.309. The molecule has 2 saturated carbocycles. The van der Waals surface area contributed by atoms with Crippen LogP contribution in [-0.4, -0.2) is 11.2 Å². The van der Waals surface area contributed by atoms with Gasteiger partial charge in [-0.25, -0.2) is 0 Å². The van der Waals surface area contributed by atoms with Crippen LogP contribution in [0.25, 0.3) is 0 Å². The molecule has 2 bridgehead atoms. The van der Waals surface area contributed by atoms with Gasteiger partial charge in [-0.3, -0.25) is 0 Å². The van der Waals surface area contributed by atoms with E-state index in [4.69, 9.17) is 4.74 Å². The van der Waals surface area contributed by atoms with Gasteiger partial charge in [-0.1, -0.05) is 13.3 Å². The molecule has 0 aromatic rings. The quantitative estimate of drug-likeness (QED) is 0.601. The van der Waals surface area contributed by atoms with E-state index in [0.717, 1.165) is 23.7 Å². The summed E-state index contributed by atoms with van der Waals surface area (Å²) >= 11 is 0. The lowest BCUT2D eigenvalue weighted by atomic mass is 9.78. The highest BCUT2D eigenvalue weighted by molar-refractivity contribution is 5.05. The molecule has 2 saturated heterocycles. The lowest BCUT2D eigenvalue weighted by molar-refractivity contribution is -0.199. The summed E-state index contributed by atoms with van der Waals surface area (Å²) in [6.45, 7) is 9.50. The maximum atomic E-state index is 6.55. The number of hydrogen-bond acceptors (Lipinski definition) is 1. The molecule has 92 valence electrons. The highest BCUT2D eigenvalue weighted by Gasteiger charge is 2.56. The van der Waals surface area contributed by atoms with E-state index < -0.39 is 0 Å². The van der Waals surface area contributed by atoms with E-state index in [1.54, 1.807) is 0 Å². The Hall–Kier alpha value is -0.0400. The van der Waals surface area contributed by atoms with Crippen molar-refractivity contribution in [2.75, 3.05) is 0 Å². The standard InChI is InChI=1S/C15H26O/c1-10-5-6-13-12(10)9-11-7-8-15(13,4)16-14(11,2)3/h10-13H,5-9H2,1-4H3/t10-,11-,12-,13-,15-/m0/s1. The average Bonchev–Trinajstić information content (AvgIpc) is 2.41. The summed E-state index contributed by atoms with van der Waals surface area (Å²) < 4.78 is 6.55. The largest absolute Gasteiger partial charge is 0.369 e. The van der Waals surface area contributed by atoms with E-state index in [9.17, 15) is 0 Å². The van der Waals surface area contributed by atoms with E-state index in [2.05, 4.69) is 27.7 Å². The second kappa shape index (κ2) is 3.25. The first-order chi connectivity index (χ1) is 7.42. The molecule has 0 N–H and O–H groups in total. The first-order valence-electron chi connectivity index (χ1n) is 7.12. The van der Waals surface area contributed by atoms with Crippen LogP contribution in [0.4, 0.5) is 0 Å². The van der Waals surface area contributed by atoms with Crippen molar-refractivity contribution in [1.82, 2.24) is 0 Å². The van der Waals surface area contributed by atoms with Gasteiger partial charge in [0, 0.05) is 0 Å². The molecular formula is C15H26O. The molecule has 16 heavy (non-hydrogen) atoms. The minimum absolute atomic E-state index is 0.122. The van der Waals surface area contributed by atoms with Crippen molar-refractivity contribution < 1.29 is 4.74 Å². The molecule has 0 radical (unpaired) electrons. The monoisotopic (exact) mass is 222 g/mol. The van der Waals surface area contributed by atoms with Gasteiger partial charge in [-0.05, 0) is 70.1 Å². The third-order valence-electron chi connectivity index (χ3n) is 5.99. The summed E-state index contributed by atoms with van der Waals surface area (Å²) in [6, 6.07) is 0. The Kier molecular flexibility index (Phi) is 2.25. The molecule has 2 heterocycles. The number of rotatable bonds is 0. The summed E-state index contributed by atoms with van der Waals surface area (Å²) in [6.07, 6.45) is 6.96. The minimum Gasteiger partial charge on any atom is -0.369 e. The molecule has 0 aromatic heterocycles. The number of ether oxygens (including phenoxy) is 1. The fourth-order valence-electron chi connectivity index (χ4n) is 4.96. The van der Waals surface area contributed by atoms with E-state index in [-0.39, 0.29) is 11.2 Å². The molecular weight excluding hydrogens is 196 g/mol. The molecule has 0 aromatic carbocycles. The second-order valence-electron chi connectivity index (χ2n) is 7.31. The molecule has 0 unspecified atom stereocenters. The third kappa shape index (κ3) is 1.40. The summed E-state index contributed by atoms with van der Waals surface area (Å²) in [5.74, 6) is 3.52. The SMILES string of the molecule is C[C@H]1CC[C@H]2[C@H]1C[C@@H]1CC[C@]2(C)OC1(C)C. The van der Waals surface area contributed by atoms with Crippen molar-refractivity contribution in [3.05, 3.63) is 0 Å². The zero-order chi connectivity index (χ0) is 11.6. The van der Waals surface area contributed by atoms with Crippen LogP contribution < -0.4 is 0 Å². The molecule has 1 nitrogen and oxygen atoms in total. The molecule has 4 aliphatic rings. The molecule has 5 atom stereocenters. The van der Waals surface area contributed by atoms with Crippen LogP contribution in [0.2, 0.25) is 0 Å². The van der Waals surface area contributed by atoms with Crippen LogP contribution in [0, 0.1) is 23.7 Å². The van der Waals surface area contributed by atoms with Gasteiger partial charge in [-0.2, -0.15) is 0 Å². The number of fused-ring (bicyclic) bond motifs is 2. The Balaban J connectivity index is 1.99. The molecule has 0 amide bonds. The van der Waals surface area contributed by atoms with Gasteiger partial charge in [0.2, 0.25) is 0 Å². The van der Waals surface area contributed by atoms with Gasteiger partial charge in [0.15, 0.2) is 0 Å². The Labute approximate surface area is 99.9 Å². The van der Waals surface area contributed by atoms with E-state index in [1.165, 1.54) is 32.1 Å². The molecule has 4 fully saturated rings. The van der Waals surface area contributed by atoms with Crippen LogP contribution in [0.1, 0.15) is 59.8 Å². The predicted octanol–water partition coefficient (Wildman–Crippen LogP) is 4.02. The van der Waals surface area contributed by atoms with Gasteiger partial charge in [0.1, 0.15) is 0 Å². The van der Waals surface area contributed by atoms with Crippen LogP contribution in [0.3, 0.4) is 0 Å². The van der Waals surface area contributed by atoms with Crippen molar-refractivity contribution >= 4 is 0 Å². The maximum Gasteiger partial charge on any atom is 0.0692 e. The Morgan fingerprint density at radius 1 is 1.06 bits per heavy atom. The Morgan fingerprint density at radius 2 is 1.81 bits per heavy atom. The second-order valence-corrected chi connectivity index (χ2v) is 7.31. The Morgan fingerprint density at radius 3 is 2.50 bits per heavy atom. The van der Waals surface area contributed by atoms with Gasteiger partial charge in [0.05, 0.1) is 11.2 Å². The van der Waals surface area contributed by atoms with Crippen LogP contribution in [-0.2, 0) is 4.74 Å². The van der Waals surface area contributed by atoms with Gasteiger partial charge >= 0.3 is 0 Å². The molecule has 2 aliphatic heterocycles. The fraction of sp³-hybridized carbons (Fsp3) is 1.00.